The van der Waals surface area contributed by atoms with Crippen LogP contribution in [0.3, 0.4) is 0 Å². The van der Waals surface area contributed by atoms with Gasteiger partial charge in [-0.3, -0.25) is 9.59 Å². The Bertz CT molecular complexity index is 1000. The molecule has 4 nitrogen and oxygen atoms in total. The lowest BCUT2D eigenvalue weighted by atomic mass is 9.94. The van der Waals surface area contributed by atoms with E-state index in [9.17, 15) is 9.59 Å². The van der Waals surface area contributed by atoms with Crippen molar-refractivity contribution in [2.24, 2.45) is 0 Å². The summed E-state index contributed by atoms with van der Waals surface area (Å²) in [6.45, 7) is 5.85. The highest BCUT2D eigenvalue weighted by Crippen LogP contribution is 2.39. The van der Waals surface area contributed by atoms with Crippen LogP contribution in [-0.4, -0.2) is 17.2 Å². The zero-order valence-electron chi connectivity index (χ0n) is 15.5. The van der Waals surface area contributed by atoms with E-state index in [0.29, 0.717) is 34.0 Å². The summed E-state index contributed by atoms with van der Waals surface area (Å²) in [5.41, 5.74) is 5.02. The predicted molar refractivity (Wildman–Crippen MR) is 106 cm³/mol. The maximum atomic E-state index is 12.6. The molecule has 0 spiro atoms. The van der Waals surface area contributed by atoms with E-state index in [1.807, 2.05) is 32.9 Å². The van der Waals surface area contributed by atoms with Crippen molar-refractivity contribution in [3.63, 3.8) is 0 Å². The van der Waals surface area contributed by atoms with E-state index in [0.717, 1.165) is 35.0 Å². The van der Waals surface area contributed by atoms with Crippen LogP contribution in [0.15, 0.2) is 40.9 Å². The average molecular weight is 382 g/mol. The Kier molecular flexibility index (Phi) is 5.57. The lowest BCUT2D eigenvalue weighted by Gasteiger charge is -2.09. The molecule has 0 saturated heterocycles. The normalized spacial score (nSPS) is 10.8. The van der Waals surface area contributed by atoms with Crippen molar-refractivity contribution in [3.05, 3.63) is 63.8 Å². The zero-order valence-corrected chi connectivity index (χ0v) is 16.3. The quantitative estimate of drug-likeness (QED) is 0.383. The Morgan fingerprint density at radius 2 is 1.85 bits per heavy atom. The van der Waals surface area contributed by atoms with E-state index in [2.05, 4.69) is 5.16 Å². The number of Topliss-reactive ketones (excluding diaryl/α,β-unsaturated/α-hetero) is 1. The summed E-state index contributed by atoms with van der Waals surface area (Å²) in [7, 11) is 0. The number of aldehydes is 1. The molecule has 3 aromatic rings. The van der Waals surface area contributed by atoms with Gasteiger partial charge in [-0.2, -0.15) is 0 Å². The molecule has 3 rings (SSSR count). The number of aromatic nitrogens is 1. The molecule has 0 N–H and O–H groups in total. The first-order valence-corrected chi connectivity index (χ1v) is 9.19. The van der Waals surface area contributed by atoms with E-state index < -0.39 is 0 Å². The predicted octanol–water partition coefficient (Wildman–Crippen LogP) is 6.07. The number of carbonyl (C=O) groups is 2. The standard InChI is InChI=1S/C22H20ClNO3/c1-4-5-19(26)21-20(16-8-6-15(12-25)7-9-16)22(27-24-21)17-11-18(23)14(3)10-13(17)2/h6-12H,4-5H2,1-3H3. The summed E-state index contributed by atoms with van der Waals surface area (Å²) in [6.07, 6.45) is 1.89. The monoisotopic (exact) mass is 381 g/mol. The first-order valence-electron chi connectivity index (χ1n) is 8.81. The van der Waals surface area contributed by atoms with E-state index in [1.165, 1.54) is 0 Å². The number of ketones is 1. The van der Waals surface area contributed by atoms with Gasteiger partial charge in [-0.1, -0.05) is 54.0 Å². The minimum Gasteiger partial charge on any atom is -0.355 e. The molecule has 0 amide bonds. The largest absolute Gasteiger partial charge is 0.355 e. The Balaban J connectivity index is 2.24. The molecule has 0 radical (unpaired) electrons. The van der Waals surface area contributed by atoms with Crippen LogP contribution in [0.4, 0.5) is 0 Å². The van der Waals surface area contributed by atoms with E-state index in [1.54, 1.807) is 24.3 Å². The zero-order chi connectivity index (χ0) is 19.6. The Hall–Kier alpha value is -2.72. The van der Waals surface area contributed by atoms with E-state index >= 15 is 0 Å². The van der Waals surface area contributed by atoms with Crippen LogP contribution >= 0.6 is 11.6 Å². The van der Waals surface area contributed by atoms with Crippen LogP contribution in [0.25, 0.3) is 22.5 Å². The second kappa shape index (κ2) is 7.89. The summed E-state index contributed by atoms with van der Waals surface area (Å²) in [6, 6.07) is 10.8. The van der Waals surface area contributed by atoms with Crippen molar-refractivity contribution < 1.29 is 14.1 Å². The van der Waals surface area contributed by atoms with Crippen LogP contribution in [0, 0.1) is 13.8 Å². The molecule has 1 aromatic heterocycles. The molecule has 5 heteroatoms. The fourth-order valence-electron chi connectivity index (χ4n) is 3.08. The number of aryl methyl sites for hydroxylation is 2. The molecular formula is C22H20ClNO3. The SMILES string of the molecule is CCCC(=O)c1noc(-c2cc(Cl)c(C)cc2C)c1-c1ccc(C=O)cc1. The highest BCUT2D eigenvalue weighted by Gasteiger charge is 2.25. The molecule has 27 heavy (non-hydrogen) atoms. The number of halogens is 1. The van der Waals surface area contributed by atoms with Gasteiger partial charge in [0.2, 0.25) is 0 Å². The molecule has 0 unspecified atom stereocenters. The van der Waals surface area contributed by atoms with Gasteiger partial charge in [0.1, 0.15) is 6.29 Å². The first kappa shape index (κ1) is 19.1. The number of carbonyl (C=O) groups excluding carboxylic acids is 2. The lowest BCUT2D eigenvalue weighted by Crippen LogP contribution is -2.01. The fraction of sp³-hybridized carbons (Fsp3) is 0.227. The minimum atomic E-state index is -0.0715. The maximum absolute atomic E-state index is 12.6. The van der Waals surface area contributed by atoms with Crippen LogP contribution in [0.1, 0.15) is 51.7 Å². The summed E-state index contributed by atoms with van der Waals surface area (Å²) < 4.78 is 5.64. The van der Waals surface area contributed by atoms with Crippen LogP contribution in [0.5, 0.6) is 0 Å². The lowest BCUT2D eigenvalue weighted by molar-refractivity contribution is 0.0973. The molecule has 1 heterocycles. The van der Waals surface area contributed by atoms with Crippen LogP contribution < -0.4 is 0 Å². The molecule has 0 aliphatic heterocycles. The summed E-state index contributed by atoms with van der Waals surface area (Å²) >= 11 is 6.32. The third kappa shape index (κ3) is 3.71. The van der Waals surface area contributed by atoms with Crippen LogP contribution in [0.2, 0.25) is 5.02 Å². The number of benzene rings is 2. The minimum absolute atomic E-state index is 0.0715. The number of hydrogen-bond acceptors (Lipinski definition) is 4. The molecule has 2 aromatic carbocycles. The van der Waals surface area contributed by atoms with Gasteiger partial charge in [0.05, 0.1) is 5.56 Å². The molecule has 138 valence electrons. The second-order valence-corrected chi connectivity index (χ2v) is 6.97. The van der Waals surface area contributed by atoms with Crippen LogP contribution in [-0.2, 0) is 0 Å². The summed E-state index contributed by atoms with van der Waals surface area (Å²) in [5, 5.41) is 4.71. The Morgan fingerprint density at radius 1 is 1.15 bits per heavy atom. The van der Waals surface area contributed by atoms with Gasteiger partial charge >= 0.3 is 0 Å². The van der Waals surface area contributed by atoms with Gasteiger partial charge < -0.3 is 4.52 Å². The second-order valence-electron chi connectivity index (χ2n) is 6.56. The van der Waals surface area contributed by atoms with Crippen molar-refractivity contribution >= 4 is 23.7 Å². The Morgan fingerprint density at radius 3 is 2.48 bits per heavy atom. The molecule has 0 saturated carbocycles. The fourth-order valence-corrected chi connectivity index (χ4v) is 3.24. The van der Waals surface area contributed by atoms with Crippen molar-refractivity contribution in [2.45, 2.75) is 33.6 Å². The van der Waals surface area contributed by atoms with Crippen molar-refractivity contribution in [1.29, 1.82) is 0 Å². The topological polar surface area (TPSA) is 60.2 Å². The van der Waals surface area contributed by atoms with Crippen molar-refractivity contribution in [1.82, 2.24) is 5.16 Å². The Labute approximate surface area is 163 Å². The summed E-state index contributed by atoms with van der Waals surface area (Å²) in [5.74, 6) is 0.436. The van der Waals surface area contributed by atoms with Gasteiger partial charge in [0, 0.05) is 22.6 Å². The van der Waals surface area contributed by atoms with Crippen molar-refractivity contribution in [3.8, 4) is 22.5 Å². The van der Waals surface area contributed by atoms with Gasteiger partial charge in [-0.05, 0) is 43.0 Å². The van der Waals surface area contributed by atoms with Gasteiger partial charge in [-0.25, -0.2) is 0 Å². The third-order valence-electron chi connectivity index (χ3n) is 4.52. The van der Waals surface area contributed by atoms with E-state index in [-0.39, 0.29) is 5.78 Å². The maximum Gasteiger partial charge on any atom is 0.185 e. The van der Waals surface area contributed by atoms with Gasteiger partial charge in [0.25, 0.3) is 0 Å². The number of nitrogens with zero attached hydrogens (tertiary/aromatic N) is 1. The van der Waals surface area contributed by atoms with Crippen molar-refractivity contribution in [2.75, 3.05) is 0 Å². The molecule has 0 aliphatic rings. The highest BCUT2D eigenvalue weighted by molar-refractivity contribution is 6.31. The van der Waals surface area contributed by atoms with Gasteiger partial charge in [0.15, 0.2) is 17.2 Å². The first-order chi connectivity index (χ1) is 13.0. The van der Waals surface area contributed by atoms with E-state index in [4.69, 9.17) is 16.1 Å². The smallest absolute Gasteiger partial charge is 0.185 e. The molecule has 0 bridgehead atoms. The molecule has 0 fully saturated rings. The third-order valence-corrected chi connectivity index (χ3v) is 4.93. The number of hydrogen-bond donors (Lipinski definition) is 0. The molecule has 0 aliphatic carbocycles. The molecular weight excluding hydrogens is 362 g/mol. The van der Waals surface area contributed by atoms with Gasteiger partial charge in [-0.15, -0.1) is 0 Å². The number of rotatable bonds is 6. The average Bonchev–Trinajstić information content (AvgIpc) is 3.10. The summed E-state index contributed by atoms with van der Waals surface area (Å²) in [4.78, 5) is 23.6. The molecule has 0 atom stereocenters. The highest BCUT2D eigenvalue weighted by atomic mass is 35.5.